The number of para-hydroxylation sites is 1. The number of hydrogen-bond acceptors (Lipinski definition) is 2. The van der Waals surface area contributed by atoms with Crippen LogP contribution >= 0.6 is 0 Å². The van der Waals surface area contributed by atoms with Crippen molar-refractivity contribution >= 4 is 60.5 Å². The average molecular weight is 562 g/mol. The first-order valence-electron chi connectivity index (χ1n) is 15.0. The van der Waals surface area contributed by atoms with Crippen molar-refractivity contribution in [2.75, 3.05) is 4.90 Å². The molecule has 0 aliphatic carbocycles. The zero-order valence-corrected chi connectivity index (χ0v) is 23.9. The van der Waals surface area contributed by atoms with E-state index in [1.807, 2.05) is 0 Å². The third-order valence-corrected chi connectivity index (χ3v) is 8.79. The van der Waals surface area contributed by atoms with Crippen LogP contribution in [0.3, 0.4) is 0 Å². The molecule has 44 heavy (non-hydrogen) atoms. The Kier molecular flexibility index (Phi) is 5.54. The summed E-state index contributed by atoms with van der Waals surface area (Å²) in [7, 11) is 0. The average Bonchev–Trinajstić information content (AvgIpc) is 3.48. The van der Waals surface area contributed by atoms with Crippen LogP contribution in [0.25, 0.3) is 65.7 Å². The number of rotatable bonds is 5. The van der Waals surface area contributed by atoms with Crippen LogP contribution in [-0.2, 0) is 0 Å². The van der Waals surface area contributed by atoms with Crippen molar-refractivity contribution in [3.05, 3.63) is 164 Å². The zero-order valence-electron chi connectivity index (χ0n) is 23.9. The SMILES string of the molecule is c1ccc(-c2ccc(N(c3ccccc3)c3ccc4c(c3)c3cccc5oc6cc(-c7ccccc7)cc4c6c53)cc2)cc1. The summed E-state index contributed by atoms with van der Waals surface area (Å²) >= 11 is 0. The van der Waals surface area contributed by atoms with Gasteiger partial charge >= 0.3 is 0 Å². The van der Waals surface area contributed by atoms with E-state index < -0.39 is 0 Å². The van der Waals surface area contributed by atoms with E-state index in [9.17, 15) is 0 Å². The molecule has 9 rings (SSSR count). The molecule has 0 bridgehead atoms. The Bertz CT molecular complexity index is 2410. The summed E-state index contributed by atoms with van der Waals surface area (Å²) in [6.45, 7) is 0. The Morgan fingerprint density at radius 2 is 0.909 bits per heavy atom. The van der Waals surface area contributed by atoms with Crippen molar-refractivity contribution in [3.8, 4) is 22.3 Å². The van der Waals surface area contributed by atoms with Crippen LogP contribution in [-0.4, -0.2) is 0 Å². The molecule has 0 saturated heterocycles. The minimum Gasteiger partial charge on any atom is -0.456 e. The van der Waals surface area contributed by atoms with Crippen molar-refractivity contribution in [3.63, 3.8) is 0 Å². The quantitative estimate of drug-likeness (QED) is 0.194. The second kappa shape index (κ2) is 9.86. The standard InChI is InChI=1S/C42H27NO/c1-4-11-28(12-5-1)30-19-21-33(22-20-30)43(32-15-8-3-9-16-32)34-23-24-35-37(27-34)36-17-10-18-39-41(36)42-38(35)25-31(26-40(42)44-39)29-13-6-2-7-14-29/h1-27H. The lowest BCUT2D eigenvalue weighted by molar-refractivity contribution is 0.669. The summed E-state index contributed by atoms with van der Waals surface area (Å²) in [5, 5.41) is 7.28. The highest BCUT2D eigenvalue weighted by Crippen LogP contribution is 2.46. The first kappa shape index (κ1) is 24.7. The fraction of sp³-hybridized carbons (Fsp3) is 0. The molecular formula is C42H27NO. The molecule has 0 N–H and O–H groups in total. The third kappa shape index (κ3) is 3.89. The molecule has 1 aromatic heterocycles. The van der Waals surface area contributed by atoms with Crippen LogP contribution in [0.1, 0.15) is 0 Å². The molecule has 0 unspecified atom stereocenters. The van der Waals surface area contributed by atoms with Gasteiger partial charge in [-0.3, -0.25) is 0 Å². The van der Waals surface area contributed by atoms with Crippen LogP contribution in [0.15, 0.2) is 168 Å². The summed E-state index contributed by atoms with van der Waals surface area (Å²) in [6, 6.07) is 58.4. The number of fused-ring (bicyclic) bond motifs is 3. The van der Waals surface area contributed by atoms with Gasteiger partial charge in [0.1, 0.15) is 11.2 Å². The Hall–Kier alpha value is -5.86. The molecular weight excluding hydrogens is 534 g/mol. The van der Waals surface area contributed by atoms with Crippen molar-refractivity contribution in [1.82, 2.24) is 0 Å². The maximum absolute atomic E-state index is 6.50. The van der Waals surface area contributed by atoms with Crippen LogP contribution in [0.5, 0.6) is 0 Å². The summed E-state index contributed by atoms with van der Waals surface area (Å²) in [6.07, 6.45) is 0. The predicted octanol–water partition coefficient (Wildman–Crippen LogP) is 12.1. The number of furan rings is 1. The van der Waals surface area contributed by atoms with E-state index in [4.69, 9.17) is 4.42 Å². The second-order valence-electron chi connectivity index (χ2n) is 11.4. The molecule has 8 aromatic carbocycles. The third-order valence-electron chi connectivity index (χ3n) is 8.79. The van der Waals surface area contributed by atoms with Crippen LogP contribution in [0, 0.1) is 0 Å². The largest absolute Gasteiger partial charge is 0.456 e. The molecule has 2 nitrogen and oxygen atoms in total. The second-order valence-corrected chi connectivity index (χ2v) is 11.4. The highest BCUT2D eigenvalue weighted by molar-refractivity contribution is 6.33. The summed E-state index contributed by atoms with van der Waals surface area (Å²) in [5.74, 6) is 0. The molecule has 0 atom stereocenters. The molecule has 0 radical (unpaired) electrons. The Morgan fingerprint density at radius 1 is 0.318 bits per heavy atom. The lowest BCUT2D eigenvalue weighted by Gasteiger charge is -2.26. The first-order valence-corrected chi connectivity index (χ1v) is 15.0. The Morgan fingerprint density at radius 3 is 1.64 bits per heavy atom. The maximum Gasteiger partial charge on any atom is 0.136 e. The van der Waals surface area contributed by atoms with Crippen molar-refractivity contribution in [1.29, 1.82) is 0 Å². The normalized spacial score (nSPS) is 11.6. The molecule has 1 heterocycles. The fourth-order valence-corrected chi connectivity index (χ4v) is 6.77. The highest BCUT2D eigenvalue weighted by atomic mass is 16.3. The Labute approximate surface area is 255 Å². The van der Waals surface area contributed by atoms with E-state index in [2.05, 4.69) is 169 Å². The number of hydrogen-bond donors (Lipinski definition) is 0. The molecule has 2 heteroatoms. The van der Waals surface area contributed by atoms with Crippen LogP contribution in [0.4, 0.5) is 17.1 Å². The van der Waals surface area contributed by atoms with Gasteiger partial charge in [-0.25, -0.2) is 0 Å². The molecule has 0 saturated carbocycles. The zero-order chi connectivity index (χ0) is 29.0. The molecule has 0 aliphatic heterocycles. The molecule has 0 fully saturated rings. The van der Waals surface area contributed by atoms with E-state index in [1.165, 1.54) is 49.0 Å². The van der Waals surface area contributed by atoms with Gasteiger partial charge in [0.15, 0.2) is 0 Å². The minimum absolute atomic E-state index is 0.927. The first-order chi connectivity index (χ1) is 21.8. The summed E-state index contributed by atoms with van der Waals surface area (Å²) in [4.78, 5) is 2.34. The number of nitrogens with zero attached hydrogens (tertiary/aromatic N) is 1. The molecule has 206 valence electrons. The van der Waals surface area contributed by atoms with Gasteiger partial charge in [0.05, 0.1) is 0 Å². The molecule has 9 aromatic rings. The van der Waals surface area contributed by atoms with Gasteiger partial charge in [-0.15, -0.1) is 0 Å². The lowest BCUT2D eigenvalue weighted by atomic mass is 9.91. The maximum atomic E-state index is 6.50. The van der Waals surface area contributed by atoms with Crippen molar-refractivity contribution in [2.45, 2.75) is 0 Å². The van der Waals surface area contributed by atoms with Gasteiger partial charge < -0.3 is 9.32 Å². The predicted molar refractivity (Wildman–Crippen MR) is 185 cm³/mol. The number of benzene rings is 8. The highest BCUT2D eigenvalue weighted by Gasteiger charge is 2.20. The van der Waals surface area contributed by atoms with Crippen molar-refractivity contribution < 1.29 is 4.42 Å². The Balaban J connectivity index is 1.28. The smallest absolute Gasteiger partial charge is 0.136 e. The van der Waals surface area contributed by atoms with E-state index in [-0.39, 0.29) is 0 Å². The fourth-order valence-electron chi connectivity index (χ4n) is 6.77. The van der Waals surface area contributed by atoms with Gasteiger partial charge in [0.2, 0.25) is 0 Å². The lowest BCUT2D eigenvalue weighted by Crippen LogP contribution is -2.09. The van der Waals surface area contributed by atoms with E-state index in [1.54, 1.807) is 0 Å². The molecule has 0 amide bonds. The topological polar surface area (TPSA) is 16.4 Å². The van der Waals surface area contributed by atoms with E-state index in [0.717, 1.165) is 33.8 Å². The van der Waals surface area contributed by atoms with Gasteiger partial charge in [-0.1, -0.05) is 109 Å². The van der Waals surface area contributed by atoms with Crippen LogP contribution < -0.4 is 4.90 Å². The van der Waals surface area contributed by atoms with Crippen molar-refractivity contribution in [2.24, 2.45) is 0 Å². The minimum atomic E-state index is 0.927. The van der Waals surface area contributed by atoms with Crippen LogP contribution in [0.2, 0.25) is 0 Å². The number of anilines is 3. The summed E-state index contributed by atoms with van der Waals surface area (Å²) in [5.41, 5.74) is 9.97. The van der Waals surface area contributed by atoms with Gasteiger partial charge in [-0.2, -0.15) is 0 Å². The monoisotopic (exact) mass is 561 g/mol. The van der Waals surface area contributed by atoms with Gasteiger partial charge in [0.25, 0.3) is 0 Å². The van der Waals surface area contributed by atoms with Gasteiger partial charge in [-0.05, 0) is 98.4 Å². The summed E-state index contributed by atoms with van der Waals surface area (Å²) < 4.78 is 6.50. The van der Waals surface area contributed by atoms with E-state index >= 15 is 0 Å². The molecule has 0 aliphatic rings. The van der Waals surface area contributed by atoms with Gasteiger partial charge in [0, 0.05) is 27.8 Å². The van der Waals surface area contributed by atoms with E-state index in [0.29, 0.717) is 0 Å². The molecule has 0 spiro atoms.